The van der Waals surface area contributed by atoms with Crippen LogP contribution in [0, 0.1) is 5.41 Å². The van der Waals surface area contributed by atoms with Crippen molar-refractivity contribution in [1.82, 2.24) is 15.1 Å². The second-order valence-electron chi connectivity index (χ2n) is 6.40. The lowest BCUT2D eigenvalue weighted by Gasteiger charge is -2.35. The quantitative estimate of drug-likeness (QED) is 0.778. The molecule has 2 unspecified atom stereocenters. The Kier molecular flexibility index (Phi) is 5.05. The first-order valence-corrected chi connectivity index (χ1v) is 7.82. The van der Waals surface area contributed by atoms with Gasteiger partial charge in [0.1, 0.15) is 0 Å². The van der Waals surface area contributed by atoms with E-state index in [1.54, 1.807) is 0 Å². The molecule has 0 aliphatic carbocycles. The predicted molar refractivity (Wildman–Crippen MR) is 78.0 cm³/mol. The Hall–Kier alpha value is -0.120. The molecule has 2 aliphatic heterocycles. The van der Waals surface area contributed by atoms with Crippen LogP contribution >= 0.6 is 0 Å². The zero-order valence-corrected chi connectivity index (χ0v) is 12.5. The lowest BCUT2D eigenvalue weighted by atomic mass is 9.84. The number of hydrogen-bond donors (Lipinski definition) is 1. The SMILES string of the molecule is CCN1CCCC1CN(C)CC1(CC)CCNC1. The summed E-state index contributed by atoms with van der Waals surface area (Å²) in [5.41, 5.74) is 0.546. The van der Waals surface area contributed by atoms with Crippen LogP contribution in [0.3, 0.4) is 0 Å². The Labute approximate surface area is 113 Å². The molecule has 0 radical (unpaired) electrons. The van der Waals surface area contributed by atoms with Gasteiger partial charge in [-0.15, -0.1) is 0 Å². The highest BCUT2D eigenvalue weighted by Crippen LogP contribution is 2.30. The second-order valence-corrected chi connectivity index (χ2v) is 6.40. The van der Waals surface area contributed by atoms with E-state index in [1.165, 1.54) is 65.0 Å². The summed E-state index contributed by atoms with van der Waals surface area (Å²) in [6, 6.07) is 0.809. The van der Waals surface area contributed by atoms with E-state index in [2.05, 4.69) is 36.0 Å². The van der Waals surface area contributed by atoms with E-state index in [1.807, 2.05) is 0 Å². The van der Waals surface area contributed by atoms with Gasteiger partial charge in [-0.1, -0.05) is 13.8 Å². The lowest BCUT2D eigenvalue weighted by Crippen LogP contribution is -2.43. The van der Waals surface area contributed by atoms with Crippen molar-refractivity contribution >= 4 is 0 Å². The monoisotopic (exact) mass is 253 g/mol. The zero-order chi connectivity index (χ0) is 13.0. The van der Waals surface area contributed by atoms with Crippen LogP contribution in [0.1, 0.15) is 39.5 Å². The standard InChI is InChI=1S/C15H31N3/c1-4-15(8-9-16-12-15)13-17(3)11-14-7-6-10-18(14)5-2/h14,16H,4-13H2,1-3H3. The average molecular weight is 253 g/mol. The average Bonchev–Trinajstić information content (AvgIpc) is 2.98. The Morgan fingerprint density at radius 1 is 1.39 bits per heavy atom. The molecule has 0 aromatic rings. The van der Waals surface area contributed by atoms with Gasteiger partial charge >= 0.3 is 0 Å². The summed E-state index contributed by atoms with van der Waals surface area (Å²) >= 11 is 0. The summed E-state index contributed by atoms with van der Waals surface area (Å²) in [5, 5.41) is 3.55. The highest BCUT2D eigenvalue weighted by atomic mass is 15.2. The minimum absolute atomic E-state index is 0.546. The molecule has 2 rings (SSSR count). The Balaban J connectivity index is 1.82. The number of rotatable bonds is 6. The highest BCUT2D eigenvalue weighted by Gasteiger charge is 2.34. The third-order valence-corrected chi connectivity index (χ3v) is 5.12. The van der Waals surface area contributed by atoms with Crippen molar-refractivity contribution in [2.24, 2.45) is 5.41 Å². The fourth-order valence-corrected chi connectivity index (χ4v) is 3.86. The van der Waals surface area contributed by atoms with Crippen LogP contribution in [0.4, 0.5) is 0 Å². The first-order valence-electron chi connectivity index (χ1n) is 7.82. The molecule has 0 amide bonds. The summed E-state index contributed by atoms with van der Waals surface area (Å²) in [5.74, 6) is 0. The molecule has 2 saturated heterocycles. The van der Waals surface area contributed by atoms with Crippen LogP contribution in [-0.4, -0.2) is 62.2 Å². The van der Waals surface area contributed by atoms with E-state index in [0.717, 1.165) is 6.04 Å². The fraction of sp³-hybridized carbons (Fsp3) is 1.00. The van der Waals surface area contributed by atoms with E-state index in [-0.39, 0.29) is 0 Å². The van der Waals surface area contributed by atoms with Crippen molar-refractivity contribution in [2.75, 3.05) is 46.3 Å². The molecule has 0 bridgehead atoms. The summed E-state index contributed by atoms with van der Waals surface area (Å²) < 4.78 is 0. The van der Waals surface area contributed by atoms with Crippen LogP contribution in [-0.2, 0) is 0 Å². The number of likely N-dealkylation sites (tertiary alicyclic amines) is 1. The van der Waals surface area contributed by atoms with Crippen LogP contribution in [0.25, 0.3) is 0 Å². The van der Waals surface area contributed by atoms with E-state index in [4.69, 9.17) is 0 Å². The molecule has 0 aromatic heterocycles. The summed E-state index contributed by atoms with van der Waals surface area (Å²) in [6.07, 6.45) is 5.46. The Bertz CT molecular complexity index is 248. The predicted octanol–water partition coefficient (Wildman–Crippen LogP) is 1.79. The van der Waals surface area contributed by atoms with E-state index in [9.17, 15) is 0 Å². The molecule has 2 fully saturated rings. The molecule has 2 aliphatic rings. The summed E-state index contributed by atoms with van der Waals surface area (Å²) in [7, 11) is 2.32. The van der Waals surface area contributed by atoms with E-state index < -0.39 is 0 Å². The third kappa shape index (κ3) is 3.25. The molecule has 2 heterocycles. The first-order chi connectivity index (χ1) is 8.69. The minimum Gasteiger partial charge on any atom is -0.316 e. The van der Waals surface area contributed by atoms with Gasteiger partial charge in [0.15, 0.2) is 0 Å². The Morgan fingerprint density at radius 2 is 2.22 bits per heavy atom. The third-order valence-electron chi connectivity index (χ3n) is 5.12. The van der Waals surface area contributed by atoms with Crippen molar-refractivity contribution in [3.8, 4) is 0 Å². The van der Waals surface area contributed by atoms with Gasteiger partial charge in [0.05, 0.1) is 0 Å². The minimum atomic E-state index is 0.546. The number of nitrogens with zero attached hydrogens (tertiary/aromatic N) is 2. The number of likely N-dealkylation sites (N-methyl/N-ethyl adjacent to an activating group) is 2. The van der Waals surface area contributed by atoms with Gasteiger partial charge in [-0.2, -0.15) is 0 Å². The topological polar surface area (TPSA) is 18.5 Å². The maximum atomic E-state index is 3.55. The molecule has 0 saturated carbocycles. The van der Waals surface area contributed by atoms with Crippen molar-refractivity contribution in [1.29, 1.82) is 0 Å². The van der Waals surface area contributed by atoms with E-state index >= 15 is 0 Å². The van der Waals surface area contributed by atoms with Crippen molar-refractivity contribution < 1.29 is 0 Å². The molecule has 0 aromatic carbocycles. The van der Waals surface area contributed by atoms with Crippen LogP contribution in [0.2, 0.25) is 0 Å². The maximum Gasteiger partial charge on any atom is 0.0223 e. The second kappa shape index (κ2) is 6.36. The van der Waals surface area contributed by atoms with Gasteiger partial charge < -0.3 is 10.2 Å². The van der Waals surface area contributed by atoms with Crippen LogP contribution in [0.5, 0.6) is 0 Å². The molecule has 3 heteroatoms. The van der Waals surface area contributed by atoms with Gasteiger partial charge in [0, 0.05) is 25.7 Å². The molecule has 2 atom stereocenters. The maximum absolute atomic E-state index is 3.55. The molecule has 3 nitrogen and oxygen atoms in total. The molecule has 18 heavy (non-hydrogen) atoms. The van der Waals surface area contributed by atoms with Crippen molar-refractivity contribution in [3.05, 3.63) is 0 Å². The van der Waals surface area contributed by atoms with Gasteiger partial charge in [0.25, 0.3) is 0 Å². The number of nitrogens with one attached hydrogen (secondary N) is 1. The summed E-state index contributed by atoms with van der Waals surface area (Å²) in [6.45, 7) is 12.2. The van der Waals surface area contributed by atoms with Crippen molar-refractivity contribution in [2.45, 2.75) is 45.6 Å². The smallest absolute Gasteiger partial charge is 0.0223 e. The molecular formula is C15H31N3. The lowest BCUT2D eigenvalue weighted by molar-refractivity contribution is 0.143. The van der Waals surface area contributed by atoms with Gasteiger partial charge in [-0.25, -0.2) is 0 Å². The van der Waals surface area contributed by atoms with Crippen LogP contribution < -0.4 is 5.32 Å². The normalized spacial score (nSPS) is 33.7. The molecule has 0 spiro atoms. The highest BCUT2D eigenvalue weighted by molar-refractivity contribution is 4.90. The van der Waals surface area contributed by atoms with Gasteiger partial charge in [-0.3, -0.25) is 4.90 Å². The van der Waals surface area contributed by atoms with Gasteiger partial charge in [0.2, 0.25) is 0 Å². The first kappa shape index (κ1) is 14.3. The Morgan fingerprint density at radius 3 is 2.83 bits per heavy atom. The summed E-state index contributed by atoms with van der Waals surface area (Å²) in [4.78, 5) is 5.25. The van der Waals surface area contributed by atoms with Gasteiger partial charge in [-0.05, 0) is 57.8 Å². The largest absolute Gasteiger partial charge is 0.316 e. The fourth-order valence-electron chi connectivity index (χ4n) is 3.86. The van der Waals surface area contributed by atoms with E-state index in [0.29, 0.717) is 5.41 Å². The molecule has 106 valence electrons. The van der Waals surface area contributed by atoms with Crippen molar-refractivity contribution in [3.63, 3.8) is 0 Å². The number of hydrogen-bond acceptors (Lipinski definition) is 3. The molecular weight excluding hydrogens is 222 g/mol. The zero-order valence-electron chi connectivity index (χ0n) is 12.5. The van der Waals surface area contributed by atoms with Crippen LogP contribution in [0.15, 0.2) is 0 Å². The molecule has 1 N–H and O–H groups in total.